The predicted octanol–water partition coefficient (Wildman–Crippen LogP) is 5.79. The first kappa shape index (κ1) is 23.3. The van der Waals surface area contributed by atoms with Gasteiger partial charge in [0.05, 0.1) is 19.2 Å². The zero-order valence-corrected chi connectivity index (χ0v) is 20.1. The highest BCUT2D eigenvalue weighted by atomic mass is 35.5. The molecule has 2 amide bonds. The summed E-state index contributed by atoms with van der Waals surface area (Å²) in [6.45, 7) is 0. The number of carbonyl (C=O) groups is 2. The minimum Gasteiger partial charge on any atom is -0.495 e. The number of carbonyl (C=O) groups excluding carboxylic acids is 2. The first-order valence-corrected chi connectivity index (χ1v) is 12.4. The van der Waals surface area contributed by atoms with E-state index in [9.17, 15) is 9.59 Å². The van der Waals surface area contributed by atoms with E-state index in [2.05, 4.69) is 5.32 Å². The SMILES string of the molecule is COc1ccc(Cl)cc1N(C(=O)Cc1cccs1)[C@H](C(=O)NC1CCCC1)c1ccccc1. The van der Waals surface area contributed by atoms with Crippen molar-refractivity contribution in [2.45, 2.75) is 44.2 Å². The number of hydrogen-bond acceptors (Lipinski definition) is 4. The summed E-state index contributed by atoms with van der Waals surface area (Å²) in [4.78, 5) is 30.0. The Morgan fingerprint density at radius 2 is 1.88 bits per heavy atom. The number of halogens is 1. The van der Waals surface area contributed by atoms with Crippen molar-refractivity contribution in [1.82, 2.24) is 5.32 Å². The van der Waals surface area contributed by atoms with Crippen LogP contribution in [0.3, 0.4) is 0 Å². The fourth-order valence-electron chi connectivity index (χ4n) is 4.32. The maximum absolute atomic E-state index is 13.8. The van der Waals surface area contributed by atoms with Crippen LogP contribution >= 0.6 is 22.9 Å². The summed E-state index contributed by atoms with van der Waals surface area (Å²) in [6.07, 6.45) is 4.29. The number of thiophene rings is 1. The van der Waals surface area contributed by atoms with E-state index in [-0.39, 0.29) is 24.3 Å². The molecule has 33 heavy (non-hydrogen) atoms. The molecular formula is C26H27ClN2O3S. The van der Waals surface area contributed by atoms with Gasteiger partial charge in [0.15, 0.2) is 0 Å². The van der Waals surface area contributed by atoms with Crippen LogP contribution < -0.4 is 15.0 Å². The Kier molecular flexibility index (Phi) is 7.68. The van der Waals surface area contributed by atoms with E-state index in [1.165, 1.54) is 11.3 Å². The van der Waals surface area contributed by atoms with Crippen LogP contribution in [-0.4, -0.2) is 25.0 Å². The molecule has 1 aliphatic carbocycles. The van der Waals surface area contributed by atoms with E-state index in [0.717, 1.165) is 36.1 Å². The molecule has 0 unspecified atom stereocenters. The first-order valence-electron chi connectivity index (χ1n) is 11.1. The minimum absolute atomic E-state index is 0.124. The highest BCUT2D eigenvalue weighted by Gasteiger charge is 2.35. The van der Waals surface area contributed by atoms with Gasteiger partial charge in [-0.25, -0.2) is 0 Å². The second-order valence-electron chi connectivity index (χ2n) is 8.14. The van der Waals surface area contributed by atoms with Crippen LogP contribution in [0.15, 0.2) is 66.0 Å². The van der Waals surface area contributed by atoms with Crippen LogP contribution in [-0.2, 0) is 16.0 Å². The number of anilines is 1. The van der Waals surface area contributed by atoms with Gasteiger partial charge in [0, 0.05) is 15.9 Å². The van der Waals surface area contributed by atoms with Crippen molar-refractivity contribution in [1.29, 1.82) is 0 Å². The summed E-state index contributed by atoms with van der Waals surface area (Å²) in [5.41, 5.74) is 1.21. The highest BCUT2D eigenvalue weighted by Crippen LogP contribution is 2.38. The van der Waals surface area contributed by atoms with Gasteiger partial charge in [-0.3, -0.25) is 14.5 Å². The van der Waals surface area contributed by atoms with Gasteiger partial charge in [0.25, 0.3) is 0 Å². The number of rotatable bonds is 8. The summed E-state index contributed by atoms with van der Waals surface area (Å²) in [5, 5.41) is 5.59. The predicted molar refractivity (Wildman–Crippen MR) is 133 cm³/mol. The van der Waals surface area contributed by atoms with E-state index < -0.39 is 6.04 Å². The van der Waals surface area contributed by atoms with Crippen molar-refractivity contribution < 1.29 is 14.3 Å². The van der Waals surface area contributed by atoms with Gasteiger partial charge >= 0.3 is 0 Å². The lowest BCUT2D eigenvalue weighted by Gasteiger charge is -2.33. The lowest BCUT2D eigenvalue weighted by molar-refractivity contribution is -0.127. The monoisotopic (exact) mass is 482 g/mol. The number of amides is 2. The third-order valence-electron chi connectivity index (χ3n) is 5.90. The van der Waals surface area contributed by atoms with Gasteiger partial charge in [-0.05, 0) is 48.1 Å². The Balaban J connectivity index is 1.80. The third-order valence-corrected chi connectivity index (χ3v) is 7.01. The lowest BCUT2D eigenvalue weighted by atomic mass is 10.0. The smallest absolute Gasteiger partial charge is 0.248 e. The highest BCUT2D eigenvalue weighted by molar-refractivity contribution is 7.10. The molecule has 0 aliphatic heterocycles. The lowest BCUT2D eigenvalue weighted by Crippen LogP contribution is -2.47. The van der Waals surface area contributed by atoms with Gasteiger partial charge in [0.2, 0.25) is 11.8 Å². The molecule has 2 aromatic carbocycles. The van der Waals surface area contributed by atoms with Crippen LogP contribution in [0.2, 0.25) is 5.02 Å². The summed E-state index contributed by atoms with van der Waals surface area (Å²) in [5.74, 6) is 0.0802. The largest absolute Gasteiger partial charge is 0.495 e. The molecule has 0 bridgehead atoms. The molecule has 1 aliphatic rings. The average molecular weight is 483 g/mol. The number of nitrogens with zero attached hydrogens (tertiary/aromatic N) is 1. The molecule has 0 radical (unpaired) electrons. The third kappa shape index (κ3) is 5.57. The Hall–Kier alpha value is -2.83. The van der Waals surface area contributed by atoms with E-state index >= 15 is 0 Å². The minimum atomic E-state index is -0.855. The molecule has 4 rings (SSSR count). The number of nitrogens with one attached hydrogen (secondary N) is 1. The standard InChI is InChI=1S/C26H27ClN2O3S/c1-32-23-14-13-19(27)16-22(23)29(24(30)17-21-12-7-15-33-21)25(18-8-3-2-4-9-18)26(31)28-20-10-5-6-11-20/h2-4,7-9,12-16,20,25H,5-6,10-11,17H2,1H3,(H,28,31)/t25-/m0/s1. The van der Waals surface area contributed by atoms with E-state index in [1.54, 1.807) is 30.2 Å². The molecule has 1 N–H and O–H groups in total. The van der Waals surface area contributed by atoms with Crippen molar-refractivity contribution in [2.24, 2.45) is 0 Å². The molecule has 3 aromatic rings. The second-order valence-corrected chi connectivity index (χ2v) is 9.61. The molecule has 1 saturated carbocycles. The molecule has 5 nitrogen and oxygen atoms in total. The normalized spacial score (nSPS) is 14.6. The molecule has 1 heterocycles. The van der Waals surface area contributed by atoms with Crippen LogP contribution in [0, 0.1) is 0 Å². The van der Waals surface area contributed by atoms with Crippen molar-refractivity contribution >= 4 is 40.4 Å². The second kappa shape index (κ2) is 10.9. The first-order chi connectivity index (χ1) is 16.1. The van der Waals surface area contributed by atoms with Crippen LogP contribution in [0.5, 0.6) is 5.75 Å². The fraction of sp³-hybridized carbons (Fsp3) is 0.308. The Morgan fingerprint density at radius 3 is 2.55 bits per heavy atom. The van der Waals surface area contributed by atoms with Crippen molar-refractivity contribution in [3.05, 3.63) is 81.5 Å². The summed E-state index contributed by atoms with van der Waals surface area (Å²) in [6, 6.07) is 17.6. The topological polar surface area (TPSA) is 58.6 Å². The summed E-state index contributed by atoms with van der Waals surface area (Å²) >= 11 is 7.85. The van der Waals surface area contributed by atoms with Crippen molar-refractivity contribution in [3.63, 3.8) is 0 Å². The van der Waals surface area contributed by atoms with Crippen LogP contribution in [0.25, 0.3) is 0 Å². The van der Waals surface area contributed by atoms with Crippen molar-refractivity contribution in [2.75, 3.05) is 12.0 Å². The molecule has 0 saturated heterocycles. The van der Waals surface area contributed by atoms with E-state index in [1.807, 2.05) is 47.8 Å². The molecule has 1 aromatic heterocycles. The van der Waals surface area contributed by atoms with Gasteiger partial charge < -0.3 is 10.1 Å². The Morgan fingerprint density at radius 1 is 1.12 bits per heavy atom. The van der Waals surface area contributed by atoms with Gasteiger partial charge in [-0.1, -0.05) is 60.8 Å². The quantitative estimate of drug-likeness (QED) is 0.442. The Bertz CT molecular complexity index is 1080. The zero-order valence-electron chi connectivity index (χ0n) is 18.5. The maximum Gasteiger partial charge on any atom is 0.248 e. The number of ether oxygens (including phenoxy) is 1. The van der Waals surface area contributed by atoms with Crippen LogP contribution in [0.4, 0.5) is 5.69 Å². The van der Waals surface area contributed by atoms with Gasteiger partial charge in [-0.2, -0.15) is 0 Å². The van der Waals surface area contributed by atoms with E-state index in [0.29, 0.717) is 16.5 Å². The van der Waals surface area contributed by atoms with Crippen LogP contribution in [0.1, 0.15) is 42.2 Å². The molecule has 172 valence electrons. The number of methoxy groups -OCH3 is 1. The summed E-state index contributed by atoms with van der Waals surface area (Å²) < 4.78 is 5.58. The van der Waals surface area contributed by atoms with Crippen molar-refractivity contribution in [3.8, 4) is 5.75 Å². The van der Waals surface area contributed by atoms with Gasteiger partial charge in [0.1, 0.15) is 11.8 Å². The van der Waals surface area contributed by atoms with E-state index in [4.69, 9.17) is 16.3 Å². The Labute approximate surface area is 203 Å². The summed E-state index contributed by atoms with van der Waals surface area (Å²) in [7, 11) is 1.55. The molecule has 7 heteroatoms. The average Bonchev–Trinajstić information content (AvgIpc) is 3.52. The zero-order chi connectivity index (χ0) is 23.2. The maximum atomic E-state index is 13.8. The molecule has 1 fully saturated rings. The number of hydrogen-bond donors (Lipinski definition) is 1. The van der Waals surface area contributed by atoms with Gasteiger partial charge in [-0.15, -0.1) is 11.3 Å². The molecule has 1 atom stereocenters. The fourth-order valence-corrected chi connectivity index (χ4v) is 5.18. The number of benzene rings is 2. The molecular weight excluding hydrogens is 456 g/mol. The molecule has 0 spiro atoms.